The minimum absolute atomic E-state index is 0.149. The normalized spacial score (nSPS) is 22.4. The van der Waals surface area contributed by atoms with Crippen molar-refractivity contribution in [3.8, 4) is 0 Å². The van der Waals surface area contributed by atoms with Crippen LogP contribution in [-0.2, 0) is 11.3 Å². The molecule has 0 spiro atoms. The van der Waals surface area contributed by atoms with E-state index in [-0.39, 0.29) is 6.54 Å². The summed E-state index contributed by atoms with van der Waals surface area (Å²) in [5, 5.41) is 24.3. The summed E-state index contributed by atoms with van der Waals surface area (Å²) in [6, 6.07) is 7.22. The molecule has 2 unspecified atom stereocenters. The summed E-state index contributed by atoms with van der Waals surface area (Å²) in [4.78, 5) is 24.7. The standard InChI is InChI=1S/C15H14N4O4/c20-14(21)13-12-10(11-8-18(13)15(22)19(11)23)7-17(16-12)6-9-4-2-1-3-5-9/h1-5,7,11,13,23H,6,8H2,(H,20,21). The molecule has 1 saturated heterocycles. The van der Waals surface area contributed by atoms with Gasteiger partial charge in [-0.3, -0.25) is 9.89 Å². The van der Waals surface area contributed by atoms with Crippen molar-refractivity contribution in [1.29, 1.82) is 0 Å². The molecular formula is C15H14N4O4. The van der Waals surface area contributed by atoms with Crippen LogP contribution in [0.2, 0.25) is 0 Å². The maximum Gasteiger partial charge on any atom is 0.345 e. The Morgan fingerprint density at radius 3 is 2.74 bits per heavy atom. The lowest BCUT2D eigenvalue weighted by atomic mass is 9.98. The van der Waals surface area contributed by atoms with Crippen molar-refractivity contribution in [2.75, 3.05) is 6.54 Å². The fraction of sp³-hybridized carbons (Fsp3) is 0.267. The minimum Gasteiger partial charge on any atom is -0.479 e. The monoisotopic (exact) mass is 314 g/mol. The Morgan fingerprint density at radius 1 is 1.30 bits per heavy atom. The van der Waals surface area contributed by atoms with E-state index < -0.39 is 24.1 Å². The van der Waals surface area contributed by atoms with E-state index in [2.05, 4.69) is 5.10 Å². The number of rotatable bonds is 3. The Labute approximate surface area is 131 Å². The molecule has 2 aliphatic heterocycles. The molecule has 0 saturated carbocycles. The number of aliphatic carboxylic acids is 1. The van der Waals surface area contributed by atoms with Gasteiger partial charge in [0.2, 0.25) is 0 Å². The van der Waals surface area contributed by atoms with Crippen molar-refractivity contribution in [2.24, 2.45) is 0 Å². The van der Waals surface area contributed by atoms with E-state index in [1.165, 1.54) is 0 Å². The molecule has 0 aliphatic carbocycles. The van der Waals surface area contributed by atoms with Crippen molar-refractivity contribution in [2.45, 2.75) is 18.6 Å². The van der Waals surface area contributed by atoms with Crippen LogP contribution in [0.3, 0.4) is 0 Å². The average Bonchev–Trinajstić information content (AvgIpc) is 3.05. The van der Waals surface area contributed by atoms with Gasteiger partial charge in [0.05, 0.1) is 13.1 Å². The summed E-state index contributed by atoms with van der Waals surface area (Å²) < 4.78 is 1.65. The predicted octanol–water partition coefficient (Wildman–Crippen LogP) is 1.24. The van der Waals surface area contributed by atoms with Crippen LogP contribution in [0.5, 0.6) is 0 Å². The van der Waals surface area contributed by atoms with Crippen LogP contribution in [0.25, 0.3) is 0 Å². The highest BCUT2D eigenvalue weighted by Gasteiger charge is 2.51. The molecule has 1 aromatic carbocycles. The lowest BCUT2D eigenvalue weighted by Gasteiger charge is -2.25. The maximum atomic E-state index is 11.9. The summed E-state index contributed by atoms with van der Waals surface area (Å²) in [6.45, 7) is 0.641. The third-order valence-corrected chi connectivity index (χ3v) is 4.28. The highest BCUT2D eigenvalue weighted by molar-refractivity contribution is 5.86. The molecule has 4 rings (SSSR count). The van der Waals surface area contributed by atoms with Crippen LogP contribution in [0.4, 0.5) is 4.79 Å². The number of nitrogens with zero attached hydrogens (tertiary/aromatic N) is 4. The molecule has 0 radical (unpaired) electrons. The summed E-state index contributed by atoms with van der Waals surface area (Å²) in [7, 11) is 0. The highest BCUT2D eigenvalue weighted by Crippen LogP contribution is 2.42. The predicted molar refractivity (Wildman–Crippen MR) is 76.6 cm³/mol. The molecule has 2 bridgehead atoms. The number of aromatic nitrogens is 2. The fourth-order valence-corrected chi connectivity index (χ4v) is 3.22. The first kappa shape index (κ1) is 13.8. The number of amides is 2. The van der Waals surface area contributed by atoms with Crippen LogP contribution >= 0.6 is 0 Å². The zero-order valence-corrected chi connectivity index (χ0v) is 12.0. The third kappa shape index (κ3) is 1.99. The Kier molecular flexibility index (Phi) is 2.88. The summed E-state index contributed by atoms with van der Waals surface area (Å²) in [5.74, 6) is -1.15. The van der Waals surface area contributed by atoms with E-state index in [1.54, 1.807) is 10.9 Å². The topological polar surface area (TPSA) is 98.9 Å². The minimum atomic E-state index is -1.16. The van der Waals surface area contributed by atoms with E-state index in [1.807, 2.05) is 30.3 Å². The van der Waals surface area contributed by atoms with Crippen LogP contribution in [0.15, 0.2) is 36.5 Å². The van der Waals surface area contributed by atoms with Gasteiger partial charge in [-0.25, -0.2) is 9.59 Å². The van der Waals surface area contributed by atoms with E-state index in [0.717, 1.165) is 10.5 Å². The van der Waals surface area contributed by atoms with E-state index in [0.29, 0.717) is 22.9 Å². The second-order valence-corrected chi connectivity index (χ2v) is 5.69. The van der Waals surface area contributed by atoms with E-state index in [4.69, 9.17) is 0 Å². The fourth-order valence-electron chi connectivity index (χ4n) is 3.22. The number of hydroxylamine groups is 2. The maximum absolute atomic E-state index is 11.9. The molecule has 8 heteroatoms. The van der Waals surface area contributed by atoms with Gasteiger partial charge >= 0.3 is 12.0 Å². The third-order valence-electron chi connectivity index (χ3n) is 4.28. The van der Waals surface area contributed by atoms with Crippen LogP contribution < -0.4 is 0 Å². The summed E-state index contributed by atoms with van der Waals surface area (Å²) in [6.07, 6.45) is 1.71. The lowest BCUT2D eigenvalue weighted by Crippen LogP contribution is -2.38. The molecule has 2 atom stereocenters. The number of benzene rings is 1. The molecule has 23 heavy (non-hydrogen) atoms. The van der Waals surface area contributed by atoms with Crippen LogP contribution in [0, 0.1) is 0 Å². The van der Waals surface area contributed by atoms with Gasteiger partial charge in [-0.2, -0.15) is 10.2 Å². The Balaban J connectivity index is 1.75. The van der Waals surface area contributed by atoms with Gasteiger partial charge in [-0.1, -0.05) is 30.3 Å². The first-order chi connectivity index (χ1) is 11.1. The number of hydrogen-bond donors (Lipinski definition) is 2. The number of carbonyl (C=O) groups is 2. The van der Waals surface area contributed by atoms with Gasteiger partial charge < -0.3 is 10.0 Å². The Hall–Kier alpha value is -2.87. The van der Waals surface area contributed by atoms with Crippen LogP contribution in [-0.4, -0.2) is 48.6 Å². The quantitative estimate of drug-likeness (QED) is 0.830. The van der Waals surface area contributed by atoms with E-state index >= 15 is 0 Å². The number of urea groups is 1. The molecule has 3 heterocycles. The number of carbonyl (C=O) groups excluding carboxylic acids is 1. The second kappa shape index (κ2) is 4.82. The van der Waals surface area contributed by atoms with Crippen LogP contribution in [0.1, 0.15) is 28.9 Å². The van der Waals surface area contributed by atoms with Crippen molar-refractivity contribution < 1.29 is 19.9 Å². The van der Waals surface area contributed by atoms with Gasteiger partial charge in [0.15, 0.2) is 6.04 Å². The molecule has 1 aromatic heterocycles. The lowest BCUT2D eigenvalue weighted by molar-refractivity contribution is -0.142. The first-order valence-electron chi connectivity index (χ1n) is 7.19. The van der Waals surface area contributed by atoms with Gasteiger partial charge in [0, 0.05) is 11.8 Å². The number of carboxylic acids is 1. The SMILES string of the molecule is O=C(O)C1c2nn(Cc3ccccc3)cc2C2CN1C(=O)N2O. The van der Waals surface area contributed by atoms with E-state index in [9.17, 15) is 19.9 Å². The molecule has 2 amide bonds. The Morgan fingerprint density at radius 2 is 2.04 bits per heavy atom. The first-order valence-corrected chi connectivity index (χ1v) is 7.19. The van der Waals surface area contributed by atoms with Crippen molar-refractivity contribution in [1.82, 2.24) is 19.7 Å². The number of hydrogen-bond acceptors (Lipinski definition) is 4. The zero-order valence-electron chi connectivity index (χ0n) is 12.0. The summed E-state index contributed by atoms with van der Waals surface area (Å²) in [5.41, 5.74) is 1.93. The molecule has 8 nitrogen and oxygen atoms in total. The zero-order chi connectivity index (χ0) is 16.1. The molecule has 2 aromatic rings. The number of fused-ring (bicyclic) bond motifs is 4. The molecule has 118 valence electrons. The van der Waals surface area contributed by atoms with Gasteiger partial charge in [0.1, 0.15) is 11.7 Å². The second-order valence-electron chi connectivity index (χ2n) is 5.69. The largest absolute Gasteiger partial charge is 0.479 e. The molecule has 1 fully saturated rings. The van der Waals surface area contributed by atoms with Crippen molar-refractivity contribution in [3.05, 3.63) is 53.3 Å². The van der Waals surface area contributed by atoms with Crippen molar-refractivity contribution >= 4 is 12.0 Å². The number of carboxylic acid groups (broad SMARTS) is 1. The highest BCUT2D eigenvalue weighted by atomic mass is 16.5. The van der Waals surface area contributed by atoms with Gasteiger partial charge in [-0.05, 0) is 5.56 Å². The Bertz CT molecular complexity index is 788. The molecular weight excluding hydrogens is 300 g/mol. The molecule has 2 N–H and O–H groups in total. The smallest absolute Gasteiger partial charge is 0.345 e. The average molecular weight is 314 g/mol. The summed E-state index contributed by atoms with van der Waals surface area (Å²) >= 11 is 0. The van der Waals surface area contributed by atoms with Gasteiger partial charge in [0.25, 0.3) is 0 Å². The van der Waals surface area contributed by atoms with Crippen molar-refractivity contribution in [3.63, 3.8) is 0 Å². The van der Waals surface area contributed by atoms with Gasteiger partial charge in [-0.15, -0.1) is 0 Å². The molecule has 2 aliphatic rings.